The van der Waals surface area contributed by atoms with Gasteiger partial charge in [-0.15, -0.1) is 0 Å². The van der Waals surface area contributed by atoms with Gasteiger partial charge in [0.05, 0.1) is 6.04 Å². The van der Waals surface area contributed by atoms with Crippen LogP contribution in [0.25, 0.3) is 5.57 Å². The van der Waals surface area contributed by atoms with Crippen molar-refractivity contribution in [3.8, 4) is 0 Å². The predicted molar refractivity (Wildman–Crippen MR) is 51.6 cm³/mol. The third-order valence-corrected chi connectivity index (χ3v) is 2.76. The van der Waals surface area contributed by atoms with Crippen LogP contribution >= 0.6 is 0 Å². The van der Waals surface area contributed by atoms with Crippen LogP contribution in [0, 0.1) is 0 Å². The van der Waals surface area contributed by atoms with Gasteiger partial charge in [0.2, 0.25) is 0 Å². The molecule has 0 aliphatic heterocycles. The van der Waals surface area contributed by atoms with Gasteiger partial charge < -0.3 is 5.73 Å². The molecule has 0 saturated carbocycles. The molecule has 1 nitrogen and oxygen atoms in total. The van der Waals surface area contributed by atoms with Gasteiger partial charge >= 0.3 is 0 Å². The third-order valence-electron chi connectivity index (χ3n) is 2.76. The molecule has 1 aromatic rings. The quantitative estimate of drug-likeness (QED) is 0.618. The van der Waals surface area contributed by atoms with Gasteiger partial charge in [0.25, 0.3) is 0 Å². The first-order valence-electron chi connectivity index (χ1n) is 4.24. The van der Waals surface area contributed by atoms with Crippen LogP contribution in [0.1, 0.15) is 31.0 Å². The number of nitrogens with two attached hydrogens (primary N) is 1. The summed E-state index contributed by atoms with van der Waals surface area (Å²) in [5, 5.41) is 0. The van der Waals surface area contributed by atoms with Crippen LogP contribution in [0.4, 0.5) is 0 Å². The Hall–Kier alpha value is -1.08. The first kappa shape index (κ1) is 7.56. The summed E-state index contributed by atoms with van der Waals surface area (Å²) in [7, 11) is 0. The lowest BCUT2D eigenvalue weighted by Crippen LogP contribution is -2.07. The van der Waals surface area contributed by atoms with E-state index in [1.165, 1.54) is 22.3 Å². The van der Waals surface area contributed by atoms with E-state index in [2.05, 4.69) is 32.0 Å². The van der Waals surface area contributed by atoms with Crippen molar-refractivity contribution in [3.63, 3.8) is 0 Å². The van der Waals surface area contributed by atoms with E-state index in [1.807, 2.05) is 6.07 Å². The van der Waals surface area contributed by atoms with Crippen molar-refractivity contribution in [2.24, 2.45) is 5.73 Å². The lowest BCUT2D eigenvalue weighted by Gasteiger charge is -2.05. The van der Waals surface area contributed by atoms with Crippen LogP contribution in [0.15, 0.2) is 29.8 Å². The van der Waals surface area contributed by atoms with E-state index in [4.69, 9.17) is 5.73 Å². The Morgan fingerprint density at radius 1 is 1.17 bits per heavy atom. The maximum absolute atomic E-state index is 6.02. The Bertz CT molecular complexity index is 350. The molecule has 2 N–H and O–H groups in total. The van der Waals surface area contributed by atoms with Gasteiger partial charge in [0.15, 0.2) is 0 Å². The van der Waals surface area contributed by atoms with Crippen molar-refractivity contribution in [1.29, 1.82) is 0 Å². The lowest BCUT2D eigenvalue weighted by atomic mass is 10.1. The summed E-state index contributed by atoms with van der Waals surface area (Å²) < 4.78 is 0. The summed E-state index contributed by atoms with van der Waals surface area (Å²) in [6.07, 6.45) is 0. The SMILES string of the molecule is CC1=C(C)C(N)c2ccccc21. The fraction of sp³-hybridized carbons (Fsp3) is 0.273. The van der Waals surface area contributed by atoms with E-state index < -0.39 is 0 Å². The van der Waals surface area contributed by atoms with Gasteiger partial charge in [-0.25, -0.2) is 0 Å². The lowest BCUT2D eigenvalue weighted by molar-refractivity contribution is 0.869. The smallest absolute Gasteiger partial charge is 0.0520 e. The molecule has 1 aliphatic carbocycles. The van der Waals surface area contributed by atoms with Crippen LogP contribution in [0.2, 0.25) is 0 Å². The Morgan fingerprint density at radius 3 is 2.50 bits per heavy atom. The number of benzene rings is 1. The molecule has 1 aliphatic rings. The fourth-order valence-electron chi connectivity index (χ4n) is 1.79. The van der Waals surface area contributed by atoms with E-state index in [0.29, 0.717) is 0 Å². The standard InChI is InChI=1S/C11H13N/c1-7-8(2)11(12)10-6-4-3-5-9(7)10/h3-6,11H,12H2,1-2H3. The topological polar surface area (TPSA) is 26.0 Å². The van der Waals surface area contributed by atoms with Gasteiger partial charge in [-0.2, -0.15) is 0 Å². The minimum Gasteiger partial charge on any atom is -0.321 e. The summed E-state index contributed by atoms with van der Waals surface area (Å²) >= 11 is 0. The van der Waals surface area contributed by atoms with Crippen molar-refractivity contribution >= 4 is 5.57 Å². The molecule has 0 amide bonds. The zero-order valence-corrected chi connectivity index (χ0v) is 7.46. The van der Waals surface area contributed by atoms with Gasteiger partial charge in [0.1, 0.15) is 0 Å². The van der Waals surface area contributed by atoms with E-state index in [0.717, 1.165) is 0 Å². The number of fused-ring (bicyclic) bond motifs is 1. The van der Waals surface area contributed by atoms with E-state index in [1.54, 1.807) is 0 Å². The molecule has 1 heteroatoms. The Kier molecular flexibility index (Phi) is 1.55. The maximum atomic E-state index is 6.02. The van der Waals surface area contributed by atoms with Crippen molar-refractivity contribution in [2.45, 2.75) is 19.9 Å². The Labute approximate surface area is 72.9 Å². The molecule has 0 fully saturated rings. The molecule has 1 atom stereocenters. The third kappa shape index (κ3) is 0.833. The first-order valence-corrected chi connectivity index (χ1v) is 4.24. The molecule has 0 saturated heterocycles. The average molecular weight is 159 g/mol. The number of allylic oxidation sites excluding steroid dienone is 1. The molecule has 0 heterocycles. The molecule has 1 aromatic carbocycles. The highest BCUT2D eigenvalue weighted by Gasteiger charge is 2.21. The summed E-state index contributed by atoms with van der Waals surface area (Å²) in [5.74, 6) is 0. The van der Waals surface area contributed by atoms with Crippen LogP contribution < -0.4 is 5.73 Å². The van der Waals surface area contributed by atoms with E-state index in [-0.39, 0.29) is 6.04 Å². The van der Waals surface area contributed by atoms with Crippen molar-refractivity contribution in [1.82, 2.24) is 0 Å². The van der Waals surface area contributed by atoms with Crippen LogP contribution in [0.5, 0.6) is 0 Å². The molecule has 62 valence electrons. The van der Waals surface area contributed by atoms with Gasteiger partial charge in [-0.3, -0.25) is 0 Å². The van der Waals surface area contributed by atoms with Crippen molar-refractivity contribution in [2.75, 3.05) is 0 Å². The molecule has 1 unspecified atom stereocenters. The van der Waals surface area contributed by atoms with E-state index in [9.17, 15) is 0 Å². The second-order valence-electron chi connectivity index (χ2n) is 3.37. The normalized spacial score (nSPS) is 21.4. The molecule has 0 bridgehead atoms. The van der Waals surface area contributed by atoms with Gasteiger partial charge in [-0.05, 0) is 36.1 Å². The van der Waals surface area contributed by atoms with Gasteiger partial charge in [-0.1, -0.05) is 24.3 Å². The number of hydrogen-bond acceptors (Lipinski definition) is 1. The Morgan fingerprint density at radius 2 is 1.83 bits per heavy atom. The zero-order chi connectivity index (χ0) is 8.72. The van der Waals surface area contributed by atoms with Crippen LogP contribution in [-0.2, 0) is 0 Å². The zero-order valence-electron chi connectivity index (χ0n) is 7.46. The molecule has 2 rings (SSSR count). The molecule has 0 aromatic heterocycles. The first-order chi connectivity index (χ1) is 5.72. The largest absolute Gasteiger partial charge is 0.321 e. The second kappa shape index (κ2) is 2.46. The Balaban J connectivity index is 2.65. The van der Waals surface area contributed by atoms with Crippen molar-refractivity contribution in [3.05, 3.63) is 41.0 Å². The molecule has 0 radical (unpaired) electrons. The highest BCUT2D eigenvalue weighted by atomic mass is 14.7. The highest BCUT2D eigenvalue weighted by Crippen LogP contribution is 2.37. The summed E-state index contributed by atoms with van der Waals surface area (Å²) in [5.41, 5.74) is 11.3. The minimum atomic E-state index is 0.126. The predicted octanol–water partition coefficient (Wildman–Crippen LogP) is 2.49. The van der Waals surface area contributed by atoms with Crippen molar-refractivity contribution < 1.29 is 0 Å². The van der Waals surface area contributed by atoms with E-state index >= 15 is 0 Å². The summed E-state index contributed by atoms with van der Waals surface area (Å²) in [6.45, 7) is 4.25. The highest BCUT2D eigenvalue weighted by molar-refractivity contribution is 5.76. The van der Waals surface area contributed by atoms with Crippen LogP contribution in [0.3, 0.4) is 0 Å². The monoisotopic (exact) mass is 159 g/mol. The summed E-state index contributed by atoms with van der Waals surface area (Å²) in [4.78, 5) is 0. The second-order valence-corrected chi connectivity index (χ2v) is 3.37. The number of hydrogen-bond donors (Lipinski definition) is 1. The minimum absolute atomic E-state index is 0.126. The van der Waals surface area contributed by atoms with Gasteiger partial charge in [0, 0.05) is 0 Å². The average Bonchev–Trinajstić information content (AvgIpc) is 2.33. The molecule has 0 spiro atoms. The molecular weight excluding hydrogens is 146 g/mol. The summed E-state index contributed by atoms with van der Waals surface area (Å²) in [6, 6.07) is 8.49. The van der Waals surface area contributed by atoms with Crippen LogP contribution in [-0.4, -0.2) is 0 Å². The molecule has 12 heavy (non-hydrogen) atoms. The number of rotatable bonds is 0. The fourth-order valence-corrected chi connectivity index (χ4v) is 1.79. The molecular formula is C11H13N. The maximum Gasteiger partial charge on any atom is 0.0520 e.